The van der Waals surface area contributed by atoms with Crippen LogP contribution in [0, 0.1) is 0 Å². The zero-order valence-electron chi connectivity index (χ0n) is 7.68. The van der Waals surface area contributed by atoms with E-state index in [2.05, 4.69) is 4.98 Å². The Morgan fingerprint density at radius 2 is 2.29 bits per heavy atom. The van der Waals surface area contributed by atoms with Gasteiger partial charge in [0.25, 0.3) is 0 Å². The van der Waals surface area contributed by atoms with Crippen LogP contribution in [0.25, 0.3) is 0 Å². The van der Waals surface area contributed by atoms with Gasteiger partial charge in [-0.15, -0.1) is 0 Å². The Morgan fingerprint density at radius 1 is 1.57 bits per heavy atom. The van der Waals surface area contributed by atoms with Crippen molar-refractivity contribution in [1.82, 2.24) is 4.98 Å². The van der Waals surface area contributed by atoms with Crippen molar-refractivity contribution in [2.24, 2.45) is 5.73 Å². The third-order valence-corrected chi connectivity index (χ3v) is 2.43. The fraction of sp³-hybridized carbons (Fsp3) is 0.400. The summed E-state index contributed by atoms with van der Waals surface area (Å²) in [5, 5.41) is 8.67. The molecular formula is C10H12N2O2. The van der Waals surface area contributed by atoms with Crippen molar-refractivity contribution in [3.8, 4) is 0 Å². The molecule has 0 saturated heterocycles. The molecule has 0 radical (unpaired) electrons. The zero-order valence-corrected chi connectivity index (χ0v) is 7.68. The quantitative estimate of drug-likeness (QED) is 0.750. The van der Waals surface area contributed by atoms with Gasteiger partial charge in [0.15, 0.2) is 0 Å². The van der Waals surface area contributed by atoms with Crippen LogP contribution in [0.3, 0.4) is 0 Å². The molecule has 1 aromatic heterocycles. The molecule has 2 rings (SSSR count). The van der Waals surface area contributed by atoms with Gasteiger partial charge in [0.2, 0.25) is 0 Å². The number of rotatable bonds is 3. The van der Waals surface area contributed by atoms with Crippen molar-refractivity contribution in [1.29, 1.82) is 0 Å². The van der Waals surface area contributed by atoms with Gasteiger partial charge in [0.05, 0.1) is 0 Å². The lowest BCUT2D eigenvalue weighted by molar-refractivity contribution is -0.138. The van der Waals surface area contributed by atoms with Gasteiger partial charge in [-0.3, -0.25) is 9.78 Å². The smallest absolute Gasteiger partial charge is 0.325 e. The van der Waals surface area contributed by atoms with Crippen LogP contribution in [0.2, 0.25) is 0 Å². The number of pyridine rings is 1. The monoisotopic (exact) mass is 192 g/mol. The minimum absolute atomic E-state index is 0.557. The minimum Gasteiger partial charge on any atom is -0.480 e. The first-order valence-electron chi connectivity index (χ1n) is 4.62. The number of aromatic nitrogens is 1. The fourth-order valence-corrected chi connectivity index (χ4v) is 1.36. The highest BCUT2D eigenvalue weighted by Crippen LogP contribution is 2.38. The largest absolute Gasteiger partial charge is 0.480 e. The summed E-state index contributed by atoms with van der Waals surface area (Å²) in [7, 11) is 0. The molecule has 1 aromatic rings. The Hall–Kier alpha value is -1.42. The summed E-state index contributed by atoms with van der Waals surface area (Å²) >= 11 is 0. The summed E-state index contributed by atoms with van der Waals surface area (Å²) in [6, 6.07) is 2.66. The van der Waals surface area contributed by atoms with Crippen molar-refractivity contribution in [3.05, 3.63) is 29.6 Å². The fourth-order valence-electron chi connectivity index (χ4n) is 1.36. The highest BCUT2D eigenvalue weighted by molar-refractivity contribution is 5.75. The van der Waals surface area contributed by atoms with Gasteiger partial charge in [-0.1, -0.05) is 6.07 Å². The summed E-state index contributed by atoms with van der Waals surface area (Å²) in [4.78, 5) is 14.8. The summed E-state index contributed by atoms with van der Waals surface area (Å²) in [5.74, 6) is -0.434. The second-order valence-corrected chi connectivity index (χ2v) is 3.61. The Labute approximate surface area is 81.8 Å². The van der Waals surface area contributed by atoms with E-state index >= 15 is 0 Å². The second-order valence-electron chi connectivity index (χ2n) is 3.61. The highest BCUT2D eigenvalue weighted by Gasteiger charge is 2.25. The molecule has 0 spiro atoms. The third-order valence-electron chi connectivity index (χ3n) is 2.43. The molecule has 1 unspecified atom stereocenters. The van der Waals surface area contributed by atoms with Gasteiger partial charge in [0.1, 0.15) is 6.04 Å². The van der Waals surface area contributed by atoms with Gasteiger partial charge in [-0.2, -0.15) is 0 Å². The van der Waals surface area contributed by atoms with Crippen LogP contribution in [0.4, 0.5) is 0 Å². The first-order valence-corrected chi connectivity index (χ1v) is 4.62. The van der Waals surface area contributed by atoms with Crippen LogP contribution in [-0.2, 0) is 4.79 Å². The van der Waals surface area contributed by atoms with E-state index in [0.717, 1.165) is 5.69 Å². The SMILES string of the molecule is NC(C(=O)O)c1ccc(C2CC2)nc1. The summed E-state index contributed by atoms with van der Waals surface area (Å²) in [5.41, 5.74) is 7.04. The number of carbonyl (C=O) groups is 1. The Bertz CT molecular complexity index is 344. The van der Waals surface area contributed by atoms with Crippen LogP contribution in [0.15, 0.2) is 18.3 Å². The molecular weight excluding hydrogens is 180 g/mol. The molecule has 1 aliphatic rings. The molecule has 0 amide bonds. The molecule has 1 fully saturated rings. The van der Waals surface area contributed by atoms with Gasteiger partial charge < -0.3 is 10.8 Å². The number of nitrogens with zero attached hydrogens (tertiary/aromatic N) is 1. The molecule has 74 valence electrons. The molecule has 1 saturated carbocycles. The lowest BCUT2D eigenvalue weighted by atomic mass is 10.1. The summed E-state index contributed by atoms with van der Waals surface area (Å²) in [6.45, 7) is 0. The topological polar surface area (TPSA) is 76.2 Å². The van der Waals surface area contributed by atoms with Crippen LogP contribution in [-0.4, -0.2) is 16.1 Å². The van der Waals surface area contributed by atoms with E-state index < -0.39 is 12.0 Å². The molecule has 1 aliphatic carbocycles. The van der Waals surface area contributed by atoms with Crippen LogP contribution in [0.5, 0.6) is 0 Å². The average molecular weight is 192 g/mol. The number of hydrogen-bond acceptors (Lipinski definition) is 3. The van der Waals surface area contributed by atoms with E-state index in [1.165, 1.54) is 12.8 Å². The molecule has 3 N–H and O–H groups in total. The molecule has 1 atom stereocenters. The Kier molecular flexibility index (Phi) is 2.21. The standard InChI is InChI=1S/C10H12N2O2/c11-9(10(13)14)7-3-4-8(12-5-7)6-1-2-6/h3-6,9H,1-2,11H2,(H,13,14). The molecule has 0 aromatic carbocycles. The predicted molar refractivity (Wildman–Crippen MR) is 50.8 cm³/mol. The number of carboxylic acids is 1. The summed E-state index contributed by atoms with van der Waals surface area (Å²) < 4.78 is 0. The number of aliphatic carboxylic acids is 1. The highest BCUT2D eigenvalue weighted by atomic mass is 16.4. The van der Waals surface area contributed by atoms with Gasteiger partial charge >= 0.3 is 5.97 Å². The lowest BCUT2D eigenvalue weighted by Crippen LogP contribution is -2.20. The zero-order chi connectivity index (χ0) is 10.1. The van der Waals surface area contributed by atoms with Crippen LogP contribution < -0.4 is 5.73 Å². The van der Waals surface area contributed by atoms with Crippen molar-refractivity contribution < 1.29 is 9.90 Å². The number of nitrogens with two attached hydrogens (primary N) is 1. The third kappa shape index (κ3) is 1.75. The van der Waals surface area contributed by atoms with Crippen molar-refractivity contribution in [2.75, 3.05) is 0 Å². The van der Waals surface area contributed by atoms with E-state index in [9.17, 15) is 4.79 Å². The van der Waals surface area contributed by atoms with E-state index in [4.69, 9.17) is 10.8 Å². The van der Waals surface area contributed by atoms with E-state index in [1.807, 2.05) is 6.07 Å². The van der Waals surface area contributed by atoms with Crippen LogP contribution >= 0.6 is 0 Å². The van der Waals surface area contributed by atoms with E-state index in [-0.39, 0.29) is 0 Å². The van der Waals surface area contributed by atoms with Crippen molar-refractivity contribution in [3.63, 3.8) is 0 Å². The van der Waals surface area contributed by atoms with Crippen LogP contribution in [0.1, 0.15) is 36.1 Å². The van der Waals surface area contributed by atoms with Gasteiger partial charge in [0, 0.05) is 17.8 Å². The molecule has 0 aliphatic heterocycles. The molecule has 4 heteroatoms. The Balaban J connectivity index is 2.16. The maximum absolute atomic E-state index is 10.6. The van der Waals surface area contributed by atoms with E-state index in [1.54, 1.807) is 12.3 Å². The molecule has 14 heavy (non-hydrogen) atoms. The molecule has 1 heterocycles. The van der Waals surface area contributed by atoms with Gasteiger partial charge in [-0.25, -0.2) is 0 Å². The molecule has 0 bridgehead atoms. The molecule has 4 nitrogen and oxygen atoms in total. The first kappa shape index (κ1) is 9.15. The van der Waals surface area contributed by atoms with Crippen molar-refractivity contribution >= 4 is 5.97 Å². The summed E-state index contributed by atoms with van der Waals surface area (Å²) in [6.07, 6.45) is 3.95. The number of hydrogen-bond donors (Lipinski definition) is 2. The predicted octanol–water partition coefficient (Wildman–Crippen LogP) is 1.04. The Morgan fingerprint density at radius 3 is 2.71 bits per heavy atom. The van der Waals surface area contributed by atoms with Gasteiger partial charge in [-0.05, 0) is 24.5 Å². The lowest BCUT2D eigenvalue weighted by Gasteiger charge is -2.06. The van der Waals surface area contributed by atoms with Crippen molar-refractivity contribution in [2.45, 2.75) is 24.8 Å². The average Bonchev–Trinajstić information content (AvgIpc) is 3.00. The normalized spacial score (nSPS) is 17.8. The maximum atomic E-state index is 10.6. The first-order chi connectivity index (χ1) is 6.68. The minimum atomic E-state index is -1.02. The van der Waals surface area contributed by atoms with E-state index in [0.29, 0.717) is 11.5 Å². The second kappa shape index (κ2) is 3.38. The maximum Gasteiger partial charge on any atom is 0.325 e. The number of carboxylic acid groups (broad SMARTS) is 1.